The van der Waals surface area contributed by atoms with Crippen LogP contribution in [0, 0.1) is 0 Å². The van der Waals surface area contributed by atoms with Gasteiger partial charge in [-0.25, -0.2) is 0 Å². The number of thiol groups is 1. The molecule has 0 spiro atoms. The summed E-state index contributed by atoms with van der Waals surface area (Å²) in [5, 5.41) is 4.36. The maximum Gasteiger partial charge on any atom is 1.00 e. The van der Waals surface area contributed by atoms with Crippen LogP contribution >= 0.6 is 24.0 Å². The standard InChI is InChI=1S/C8H12S2.Na.H/c9-5-2-1-3-8-4-6-10-7-8;;/h4,6-7,9H,1-3,5H2;;/q;+1;-1. The van der Waals surface area contributed by atoms with E-state index in [0.29, 0.717) is 0 Å². The second-order valence-corrected chi connectivity index (χ2v) is 3.54. The van der Waals surface area contributed by atoms with Crippen molar-refractivity contribution >= 4 is 24.0 Å². The first-order chi connectivity index (χ1) is 4.93. The maximum absolute atomic E-state index is 4.15. The molecule has 0 aliphatic carbocycles. The molecular formula is C8H13NaS2. The van der Waals surface area contributed by atoms with E-state index in [2.05, 4.69) is 29.5 Å². The molecule has 11 heavy (non-hydrogen) atoms. The van der Waals surface area contributed by atoms with Gasteiger partial charge in [-0.3, -0.25) is 0 Å². The molecule has 0 atom stereocenters. The van der Waals surface area contributed by atoms with Crippen molar-refractivity contribution in [1.82, 2.24) is 0 Å². The van der Waals surface area contributed by atoms with E-state index in [1.807, 2.05) is 0 Å². The molecule has 0 aliphatic heterocycles. The maximum atomic E-state index is 4.15. The van der Waals surface area contributed by atoms with E-state index in [4.69, 9.17) is 0 Å². The third kappa shape index (κ3) is 5.31. The van der Waals surface area contributed by atoms with Crippen molar-refractivity contribution < 1.29 is 31.0 Å². The Bertz CT molecular complexity index is 166. The van der Waals surface area contributed by atoms with Crippen molar-refractivity contribution in [3.63, 3.8) is 0 Å². The largest absolute Gasteiger partial charge is 1.00 e. The van der Waals surface area contributed by atoms with Crippen molar-refractivity contribution in [2.24, 2.45) is 0 Å². The second kappa shape index (κ2) is 7.69. The predicted molar refractivity (Wildman–Crippen MR) is 52.2 cm³/mol. The molecule has 0 bridgehead atoms. The van der Waals surface area contributed by atoms with Crippen LogP contribution in [-0.2, 0) is 6.42 Å². The van der Waals surface area contributed by atoms with Crippen molar-refractivity contribution in [2.75, 3.05) is 5.75 Å². The van der Waals surface area contributed by atoms with Crippen LogP contribution in [0.5, 0.6) is 0 Å². The van der Waals surface area contributed by atoms with Gasteiger partial charge >= 0.3 is 29.6 Å². The van der Waals surface area contributed by atoms with Crippen LogP contribution in [0.1, 0.15) is 19.8 Å². The van der Waals surface area contributed by atoms with Crippen molar-refractivity contribution in [3.8, 4) is 0 Å². The zero-order chi connectivity index (χ0) is 7.23. The van der Waals surface area contributed by atoms with Crippen molar-refractivity contribution in [1.29, 1.82) is 0 Å². The fourth-order valence-electron chi connectivity index (χ4n) is 0.876. The molecule has 1 heterocycles. The van der Waals surface area contributed by atoms with Gasteiger partial charge in [-0.2, -0.15) is 24.0 Å². The van der Waals surface area contributed by atoms with Crippen LogP contribution in [0.2, 0.25) is 0 Å². The fraction of sp³-hybridized carbons (Fsp3) is 0.500. The number of hydrogen-bond donors (Lipinski definition) is 1. The molecular weight excluding hydrogens is 183 g/mol. The molecule has 1 rings (SSSR count). The van der Waals surface area contributed by atoms with Crippen LogP contribution in [0.3, 0.4) is 0 Å². The van der Waals surface area contributed by atoms with E-state index in [1.54, 1.807) is 11.3 Å². The summed E-state index contributed by atoms with van der Waals surface area (Å²) in [5.74, 6) is 1.02. The number of unbranched alkanes of at least 4 members (excludes halogenated alkanes) is 1. The molecule has 0 aromatic carbocycles. The molecule has 1 aromatic heterocycles. The van der Waals surface area contributed by atoms with Crippen LogP contribution in [-0.4, -0.2) is 5.75 Å². The molecule has 0 aliphatic rings. The van der Waals surface area contributed by atoms with Gasteiger partial charge in [0.25, 0.3) is 0 Å². The molecule has 0 radical (unpaired) electrons. The molecule has 58 valence electrons. The molecule has 0 nitrogen and oxygen atoms in total. The molecule has 0 fully saturated rings. The van der Waals surface area contributed by atoms with E-state index in [0.717, 1.165) is 5.75 Å². The molecule has 0 saturated carbocycles. The monoisotopic (exact) mass is 196 g/mol. The first-order valence-electron chi connectivity index (χ1n) is 3.55. The van der Waals surface area contributed by atoms with Gasteiger partial charge in [-0.15, -0.1) is 0 Å². The topological polar surface area (TPSA) is 0 Å². The Kier molecular flexibility index (Phi) is 8.42. The second-order valence-electron chi connectivity index (χ2n) is 2.31. The molecule has 1 aromatic rings. The first-order valence-corrected chi connectivity index (χ1v) is 5.13. The molecule has 3 heteroatoms. The predicted octanol–water partition coefficient (Wildman–Crippen LogP) is 0.117. The van der Waals surface area contributed by atoms with Gasteiger partial charge in [-0.1, -0.05) is 0 Å². The van der Waals surface area contributed by atoms with Gasteiger partial charge < -0.3 is 1.43 Å². The smallest absolute Gasteiger partial charge is 1.00 e. The minimum Gasteiger partial charge on any atom is -1.00 e. The normalized spacial score (nSPS) is 9.18. The number of rotatable bonds is 4. The first kappa shape index (κ1) is 12.0. The van der Waals surface area contributed by atoms with Gasteiger partial charge in [0.05, 0.1) is 0 Å². The third-order valence-corrected chi connectivity index (χ3v) is 2.50. The van der Waals surface area contributed by atoms with Gasteiger partial charge in [0.2, 0.25) is 0 Å². The Hall–Kier alpha value is 1.05. The van der Waals surface area contributed by atoms with Gasteiger partial charge in [0.1, 0.15) is 0 Å². The summed E-state index contributed by atoms with van der Waals surface area (Å²) in [6.45, 7) is 0. The quantitative estimate of drug-likeness (QED) is 0.395. The van der Waals surface area contributed by atoms with Gasteiger partial charge in [0.15, 0.2) is 0 Å². The molecule has 0 amide bonds. The third-order valence-electron chi connectivity index (χ3n) is 1.45. The van der Waals surface area contributed by atoms with E-state index in [1.165, 1.54) is 24.8 Å². The Morgan fingerprint density at radius 2 is 2.27 bits per heavy atom. The van der Waals surface area contributed by atoms with E-state index in [9.17, 15) is 0 Å². The Labute approximate surface area is 102 Å². The molecule has 0 N–H and O–H groups in total. The Balaban J connectivity index is 0. The van der Waals surface area contributed by atoms with Gasteiger partial charge in [0, 0.05) is 0 Å². The van der Waals surface area contributed by atoms with Crippen LogP contribution in [0.4, 0.5) is 0 Å². The summed E-state index contributed by atoms with van der Waals surface area (Å²) in [6.07, 6.45) is 3.74. The van der Waals surface area contributed by atoms with E-state index >= 15 is 0 Å². The minimum absolute atomic E-state index is 0. The SMILES string of the molecule is SCCCCc1ccsc1.[H-].[Na+]. The zero-order valence-corrected chi connectivity index (χ0v) is 10.6. The Morgan fingerprint density at radius 3 is 2.82 bits per heavy atom. The minimum atomic E-state index is 0. The average molecular weight is 196 g/mol. The summed E-state index contributed by atoms with van der Waals surface area (Å²) in [6, 6.07) is 2.20. The molecule has 0 saturated heterocycles. The van der Waals surface area contributed by atoms with Gasteiger partial charge in [-0.05, 0) is 47.4 Å². The van der Waals surface area contributed by atoms with Crippen molar-refractivity contribution in [2.45, 2.75) is 19.3 Å². The van der Waals surface area contributed by atoms with E-state index < -0.39 is 0 Å². The summed E-state index contributed by atoms with van der Waals surface area (Å²) in [4.78, 5) is 0. The molecule has 0 unspecified atom stereocenters. The summed E-state index contributed by atoms with van der Waals surface area (Å²) < 4.78 is 0. The summed E-state index contributed by atoms with van der Waals surface area (Å²) in [7, 11) is 0. The number of thiophene rings is 1. The zero-order valence-electron chi connectivity index (χ0n) is 7.92. The van der Waals surface area contributed by atoms with E-state index in [-0.39, 0.29) is 31.0 Å². The fourth-order valence-corrected chi connectivity index (χ4v) is 1.80. The van der Waals surface area contributed by atoms with Crippen LogP contribution in [0.15, 0.2) is 16.8 Å². The van der Waals surface area contributed by atoms with Crippen LogP contribution < -0.4 is 29.6 Å². The number of hydrogen-bond acceptors (Lipinski definition) is 2. The Morgan fingerprint density at radius 1 is 1.45 bits per heavy atom. The van der Waals surface area contributed by atoms with Crippen molar-refractivity contribution in [3.05, 3.63) is 22.4 Å². The average Bonchev–Trinajstić information content (AvgIpc) is 2.41. The van der Waals surface area contributed by atoms with Crippen LogP contribution in [0.25, 0.3) is 0 Å². The summed E-state index contributed by atoms with van der Waals surface area (Å²) in [5.41, 5.74) is 1.48. The number of aryl methyl sites for hydroxylation is 1. The summed E-state index contributed by atoms with van der Waals surface area (Å²) >= 11 is 5.93.